The first-order valence-corrected chi connectivity index (χ1v) is 7.22. The zero-order chi connectivity index (χ0) is 10.7. The van der Waals surface area contributed by atoms with E-state index in [-0.39, 0.29) is 9.49 Å². The Balaban J connectivity index is 3.74. The van der Waals surface area contributed by atoms with Crippen molar-refractivity contribution in [2.24, 2.45) is 0 Å². The molecule has 0 amide bonds. The van der Waals surface area contributed by atoms with Crippen LogP contribution in [0.15, 0.2) is 0 Å². The summed E-state index contributed by atoms with van der Waals surface area (Å²) in [5, 5.41) is 0. The van der Waals surface area contributed by atoms with Crippen molar-refractivity contribution in [1.82, 2.24) is 0 Å². The molecule has 0 saturated heterocycles. The van der Waals surface area contributed by atoms with Crippen molar-refractivity contribution in [3.8, 4) is 0 Å². The summed E-state index contributed by atoms with van der Waals surface area (Å²) in [5.41, 5.74) is 0. The van der Waals surface area contributed by atoms with E-state index >= 15 is 0 Å². The van der Waals surface area contributed by atoms with Crippen molar-refractivity contribution in [3.05, 3.63) is 0 Å². The van der Waals surface area contributed by atoms with Crippen molar-refractivity contribution < 1.29 is 7.84 Å². The first-order valence-electron chi connectivity index (χ1n) is 4.07. The van der Waals surface area contributed by atoms with Crippen molar-refractivity contribution in [1.29, 1.82) is 0 Å². The molecule has 0 aliphatic carbocycles. The van der Waals surface area contributed by atoms with Crippen LogP contribution in [0.5, 0.6) is 0 Å². The number of hydrogen-bond donors (Lipinski definition) is 0. The quantitative estimate of drug-likeness (QED) is 0.558. The van der Waals surface area contributed by atoms with Gasteiger partial charge in [0.1, 0.15) is 0 Å². The van der Waals surface area contributed by atoms with Gasteiger partial charge in [-0.25, -0.2) is 7.84 Å². The summed E-state index contributed by atoms with van der Waals surface area (Å²) in [5.74, 6) is 0. The molecule has 0 fully saturated rings. The zero-order valence-corrected chi connectivity index (χ0v) is 11.5. The van der Waals surface area contributed by atoms with E-state index in [9.17, 15) is 4.21 Å². The predicted molar refractivity (Wildman–Crippen MR) is 63.9 cm³/mol. The first kappa shape index (κ1) is 13.8. The third-order valence-corrected chi connectivity index (χ3v) is 5.36. The van der Waals surface area contributed by atoms with Crippen LogP contribution in [0.2, 0.25) is 0 Å². The third kappa shape index (κ3) is 7.85. The minimum Gasteiger partial charge on any atom is -0.228 e. The summed E-state index contributed by atoms with van der Waals surface area (Å²) in [4.78, 5) is 0. The molecular weight excluding hydrogens is 224 g/mol. The van der Waals surface area contributed by atoms with Crippen LogP contribution < -0.4 is 0 Å². The van der Waals surface area contributed by atoms with Gasteiger partial charge in [0.2, 0.25) is 0 Å². The van der Waals surface area contributed by atoms with Gasteiger partial charge in [-0.1, -0.05) is 31.6 Å². The molecular formula is C8H18O2S3. The maximum atomic E-state index is 11.4. The lowest BCUT2D eigenvalue weighted by molar-refractivity contribution is 0.572. The molecule has 0 heterocycles. The van der Waals surface area contributed by atoms with Crippen molar-refractivity contribution in [2.75, 3.05) is 0 Å². The molecule has 0 rings (SSSR count). The molecule has 0 aromatic heterocycles. The lowest BCUT2D eigenvalue weighted by Gasteiger charge is -2.18. The molecule has 1 atom stereocenters. The zero-order valence-electron chi connectivity index (χ0n) is 9.04. The lowest BCUT2D eigenvalue weighted by atomic mass is 10.3. The van der Waals surface area contributed by atoms with Crippen molar-refractivity contribution in [2.45, 2.75) is 51.0 Å². The van der Waals surface area contributed by atoms with Gasteiger partial charge in [0, 0.05) is 4.75 Å². The molecule has 0 radical (unpaired) electrons. The fraction of sp³-hybridized carbons (Fsp3) is 1.00. The highest BCUT2D eigenvalue weighted by Crippen LogP contribution is 2.37. The summed E-state index contributed by atoms with van der Waals surface area (Å²) >= 11 is -0.0182. The Morgan fingerprint density at radius 3 is 1.85 bits per heavy atom. The number of rotatable bonds is 3. The van der Waals surface area contributed by atoms with Gasteiger partial charge >= 0.3 is 0 Å². The summed E-state index contributed by atoms with van der Waals surface area (Å²) in [6.07, 6.45) is 0. The maximum Gasteiger partial charge on any atom is 0.173 e. The standard InChI is InChI=1S/C8H18O2S3/c1-7(2,3)11-12-10-13(9)8(4,5)6/h1-6H3. The lowest BCUT2D eigenvalue weighted by Crippen LogP contribution is -2.21. The maximum absolute atomic E-state index is 11.4. The van der Waals surface area contributed by atoms with Crippen LogP contribution in [0.25, 0.3) is 0 Å². The fourth-order valence-electron chi connectivity index (χ4n) is 0.243. The molecule has 0 aromatic rings. The van der Waals surface area contributed by atoms with E-state index in [1.807, 2.05) is 20.8 Å². The Morgan fingerprint density at radius 1 is 1.08 bits per heavy atom. The van der Waals surface area contributed by atoms with Crippen LogP contribution in [-0.2, 0) is 14.7 Å². The molecule has 0 aromatic carbocycles. The van der Waals surface area contributed by atoms with Gasteiger partial charge < -0.3 is 0 Å². The van der Waals surface area contributed by atoms with E-state index in [0.29, 0.717) is 0 Å². The summed E-state index contributed by atoms with van der Waals surface area (Å²) < 4.78 is 16.4. The largest absolute Gasteiger partial charge is 0.228 e. The topological polar surface area (TPSA) is 26.3 Å². The van der Waals surface area contributed by atoms with Gasteiger partial charge in [-0.05, 0) is 20.8 Å². The van der Waals surface area contributed by atoms with Crippen LogP contribution in [0.1, 0.15) is 41.5 Å². The van der Waals surface area contributed by atoms with E-state index in [0.717, 1.165) is 0 Å². The van der Waals surface area contributed by atoms with Crippen LogP contribution in [0, 0.1) is 0 Å². The fourth-order valence-corrected chi connectivity index (χ4v) is 2.89. The van der Waals surface area contributed by atoms with Gasteiger partial charge in [-0.3, -0.25) is 0 Å². The molecule has 0 spiro atoms. The predicted octanol–water partition coefficient (Wildman–Crippen LogP) is 3.56. The average molecular weight is 242 g/mol. The Labute approximate surface area is 91.8 Å². The van der Waals surface area contributed by atoms with Crippen molar-refractivity contribution >= 4 is 32.9 Å². The number of hydrogen-bond acceptors (Lipinski definition) is 4. The Bertz CT molecular complexity index is 179. The molecule has 1 unspecified atom stereocenters. The Morgan fingerprint density at radius 2 is 1.54 bits per heavy atom. The molecule has 0 saturated carbocycles. The van der Waals surface area contributed by atoms with E-state index in [1.165, 1.54) is 11.1 Å². The van der Waals surface area contributed by atoms with Crippen molar-refractivity contribution in [3.63, 3.8) is 0 Å². The van der Waals surface area contributed by atoms with Crippen LogP contribution >= 0.6 is 21.9 Å². The summed E-state index contributed by atoms with van der Waals surface area (Å²) in [6.45, 7) is 12.0. The molecule has 5 heteroatoms. The minimum absolute atomic E-state index is 0.132. The van der Waals surface area contributed by atoms with Gasteiger partial charge in [0.15, 0.2) is 11.1 Å². The normalized spacial score (nSPS) is 15.8. The van der Waals surface area contributed by atoms with E-state index in [4.69, 9.17) is 3.63 Å². The van der Waals surface area contributed by atoms with E-state index < -0.39 is 11.1 Å². The van der Waals surface area contributed by atoms with Gasteiger partial charge in [-0.2, -0.15) is 0 Å². The molecule has 0 N–H and O–H groups in total. The van der Waals surface area contributed by atoms with Crippen LogP contribution in [-0.4, -0.2) is 13.7 Å². The highest BCUT2D eigenvalue weighted by atomic mass is 33.1. The SMILES string of the molecule is CC(C)(C)SSOS(=O)C(C)(C)C. The molecule has 80 valence electrons. The first-order chi connectivity index (χ1) is 5.63. The molecule has 0 bridgehead atoms. The third-order valence-electron chi connectivity index (χ3n) is 0.874. The smallest absolute Gasteiger partial charge is 0.173 e. The molecule has 0 aliphatic rings. The average Bonchev–Trinajstić information content (AvgIpc) is 1.82. The second-order valence-electron chi connectivity index (χ2n) is 4.68. The van der Waals surface area contributed by atoms with Gasteiger partial charge in [0.25, 0.3) is 0 Å². The van der Waals surface area contributed by atoms with E-state index in [1.54, 1.807) is 10.8 Å². The molecule has 0 aliphatic heterocycles. The summed E-state index contributed by atoms with van der Waals surface area (Å²) in [6, 6.07) is 0. The molecule has 13 heavy (non-hydrogen) atoms. The van der Waals surface area contributed by atoms with Crippen LogP contribution in [0.3, 0.4) is 0 Å². The van der Waals surface area contributed by atoms with Gasteiger partial charge in [0.05, 0.1) is 15.8 Å². The van der Waals surface area contributed by atoms with E-state index in [2.05, 4.69) is 20.8 Å². The van der Waals surface area contributed by atoms with Crippen LogP contribution in [0.4, 0.5) is 0 Å². The second-order valence-corrected chi connectivity index (χ2v) is 9.35. The summed E-state index contributed by atoms with van der Waals surface area (Å²) in [7, 11) is 1.58. The van der Waals surface area contributed by atoms with Gasteiger partial charge in [-0.15, -0.1) is 0 Å². The Hall–Kier alpha value is 0.810. The Kier molecular flexibility index (Phi) is 5.36. The highest BCUT2D eigenvalue weighted by Gasteiger charge is 2.22. The molecule has 2 nitrogen and oxygen atoms in total. The monoisotopic (exact) mass is 242 g/mol. The second kappa shape index (κ2) is 5.05. The highest BCUT2D eigenvalue weighted by molar-refractivity contribution is 8.76. The minimum atomic E-state index is -1.23.